The summed E-state index contributed by atoms with van der Waals surface area (Å²) in [5, 5.41) is 1.17. The molecule has 2 atom stereocenters. The zero-order chi connectivity index (χ0) is 13.9. The Morgan fingerprint density at radius 3 is 2.20 bits per heavy atom. The molecule has 3 aromatic rings. The second-order valence-electron chi connectivity index (χ2n) is 4.64. The van der Waals surface area contributed by atoms with Gasteiger partial charge in [-0.25, -0.2) is 0 Å². The molecular weight excluding hydrogens is 378 g/mol. The Labute approximate surface area is 135 Å². The number of para-hydroxylation sites is 1. The monoisotopic (exact) mass is 389 g/mol. The fourth-order valence-electron chi connectivity index (χ4n) is 2.19. The van der Waals surface area contributed by atoms with Crippen molar-refractivity contribution >= 4 is 42.8 Å². The van der Waals surface area contributed by atoms with Crippen molar-refractivity contribution in [3.63, 3.8) is 0 Å². The van der Waals surface area contributed by atoms with Gasteiger partial charge < -0.3 is 0 Å². The summed E-state index contributed by atoms with van der Waals surface area (Å²) in [7, 11) is 0. The third-order valence-corrected chi connectivity index (χ3v) is 6.04. The van der Waals surface area contributed by atoms with Crippen LogP contribution in [-0.4, -0.2) is 4.98 Å². The van der Waals surface area contributed by atoms with E-state index in [0.717, 1.165) is 11.2 Å². The van der Waals surface area contributed by atoms with E-state index in [1.165, 1.54) is 10.9 Å². The van der Waals surface area contributed by atoms with E-state index in [2.05, 4.69) is 74.3 Å². The van der Waals surface area contributed by atoms with Gasteiger partial charge in [0.15, 0.2) is 0 Å². The van der Waals surface area contributed by atoms with E-state index in [1.807, 2.05) is 24.3 Å². The number of pyridine rings is 1. The van der Waals surface area contributed by atoms with E-state index in [4.69, 9.17) is 4.98 Å². The first kappa shape index (κ1) is 13.8. The lowest BCUT2D eigenvalue weighted by Crippen LogP contribution is -2.01. The Hall–Kier alpha value is -1.19. The molecule has 0 aliphatic carbocycles. The van der Waals surface area contributed by atoms with Crippen molar-refractivity contribution in [2.24, 2.45) is 0 Å². The lowest BCUT2D eigenvalue weighted by molar-refractivity contribution is 0.903. The van der Waals surface area contributed by atoms with Crippen LogP contribution < -0.4 is 0 Å². The summed E-state index contributed by atoms with van der Waals surface area (Å²) < 4.78 is 0. The smallest absolute Gasteiger partial charge is 0.0733 e. The van der Waals surface area contributed by atoms with Crippen molar-refractivity contribution in [2.45, 2.75) is 9.65 Å². The van der Waals surface area contributed by atoms with Gasteiger partial charge in [-0.3, -0.25) is 4.98 Å². The number of halogens is 2. The van der Waals surface area contributed by atoms with Gasteiger partial charge in [0.05, 0.1) is 20.9 Å². The Bertz CT molecular complexity index is 712. The molecule has 2 aromatic carbocycles. The molecule has 100 valence electrons. The van der Waals surface area contributed by atoms with Crippen LogP contribution in [-0.2, 0) is 0 Å². The van der Waals surface area contributed by atoms with Crippen LogP contribution in [0, 0.1) is 0 Å². The molecule has 0 amide bonds. The molecule has 0 saturated heterocycles. The summed E-state index contributed by atoms with van der Waals surface area (Å²) in [6.07, 6.45) is 0. The fraction of sp³-hybridized carbons (Fsp3) is 0.118. The molecule has 0 spiro atoms. The Balaban J connectivity index is 1.94. The van der Waals surface area contributed by atoms with Gasteiger partial charge in [-0.05, 0) is 17.7 Å². The summed E-state index contributed by atoms with van der Waals surface area (Å²) >= 11 is 7.53. The molecule has 0 fully saturated rings. The number of nitrogens with zero attached hydrogens (tertiary/aromatic N) is 1. The number of hydrogen-bond acceptors (Lipinski definition) is 1. The van der Waals surface area contributed by atoms with E-state index in [1.54, 1.807) is 0 Å². The predicted molar refractivity (Wildman–Crippen MR) is 91.5 cm³/mol. The van der Waals surface area contributed by atoms with Gasteiger partial charge in [0, 0.05) is 5.39 Å². The Morgan fingerprint density at radius 1 is 0.700 bits per heavy atom. The van der Waals surface area contributed by atoms with Crippen molar-refractivity contribution in [3.8, 4) is 0 Å². The third kappa shape index (κ3) is 2.79. The van der Waals surface area contributed by atoms with Gasteiger partial charge in [0.2, 0.25) is 0 Å². The van der Waals surface area contributed by atoms with E-state index < -0.39 is 0 Å². The largest absolute Gasteiger partial charge is 0.252 e. The lowest BCUT2D eigenvalue weighted by Gasteiger charge is -2.17. The van der Waals surface area contributed by atoms with Crippen LogP contribution in [0.15, 0.2) is 66.7 Å². The summed E-state index contributed by atoms with van der Waals surface area (Å²) in [4.78, 5) is 5.07. The average Bonchev–Trinajstić information content (AvgIpc) is 2.54. The second-order valence-corrected chi connectivity index (χ2v) is 6.62. The number of rotatable bonds is 3. The van der Waals surface area contributed by atoms with E-state index in [0.29, 0.717) is 0 Å². The Morgan fingerprint density at radius 2 is 1.40 bits per heavy atom. The minimum Gasteiger partial charge on any atom is -0.252 e. The summed E-state index contributed by atoms with van der Waals surface area (Å²) in [5.41, 5.74) is 3.31. The maximum absolute atomic E-state index is 4.74. The number of benzene rings is 2. The minimum absolute atomic E-state index is 0.134. The highest BCUT2D eigenvalue weighted by atomic mass is 79.9. The van der Waals surface area contributed by atoms with Crippen molar-refractivity contribution < 1.29 is 0 Å². The van der Waals surface area contributed by atoms with E-state index >= 15 is 0 Å². The first-order chi connectivity index (χ1) is 9.75. The first-order valence-electron chi connectivity index (χ1n) is 6.44. The van der Waals surface area contributed by atoms with Gasteiger partial charge in [0.1, 0.15) is 0 Å². The number of alkyl halides is 2. The molecule has 20 heavy (non-hydrogen) atoms. The molecule has 3 rings (SSSR count). The molecule has 0 radical (unpaired) electrons. The standard InChI is InChI=1S/C17H13Br2N/c18-16(13-7-2-1-3-8-13)17(19)15-11-10-12-6-4-5-9-14(12)20-15/h1-11,16-17H. The van der Waals surface area contributed by atoms with Crippen LogP contribution in [0.2, 0.25) is 0 Å². The molecule has 1 aromatic heterocycles. The summed E-state index contributed by atoms with van der Waals surface area (Å²) in [6.45, 7) is 0. The molecular formula is C17H13Br2N. The van der Waals surface area contributed by atoms with E-state index in [9.17, 15) is 0 Å². The SMILES string of the molecule is BrC(c1ccccc1)C(Br)c1ccc2ccccc2n1. The lowest BCUT2D eigenvalue weighted by atomic mass is 10.1. The van der Waals surface area contributed by atoms with Crippen LogP contribution in [0.1, 0.15) is 20.9 Å². The molecule has 0 N–H and O–H groups in total. The van der Waals surface area contributed by atoms with Gasteiger partial charge in [0.25, 0.3) is 0 Å². The van der Waals surface area contributed by atoms with Crippen LogP contribution in [0.25, 0.3) is 10.9 Å². The van der Waals surface area contributed by atoms with Gasteiger partial charge in [-0.15, -0.1) is 0 Å². The molecule has 2 unspecified atom stereocenters. The maximum Gasteiger partial charge on any atom is 0.0733 e. The van der Waals surface area contributed by atoms with Crippen molar-refractivity contribution in [1.29, 1.82) is 0 Å². The fourth-order valence-corrected chi connectivity index (χ4v) is 3.33. The average molecular weight is 391 g/mol. The molecule has 0 bridgehead atoms. The van der Waals surface area contributed by atoms with Crippen LogP contribution in [0.3, 0.4) is 0 Å². The van der Waals surface area contributed by atoms with Gasteiger partial charge >= 0.3 is 0 Å². The minimum atomic E-state index is 0.134. The second kappa shape index (κ2) is 6.06. The summed E-state index contributed by atoms with van der Waals surface area (Å²) in [6, 6.07) is 22.8. The highest BCUT2D eigenvalue weighted by Gasteiger charge is 2.20. The van der Waals surface area contributed by atoms with E-state index in [-0.39, 0.29) is 9.65 Å². The van der Waals surface area contributed by atoms with Gasteiger partial charge in [-0.1, -0.05) is 86.5 Å². The molecule has 1 heterocycles. The first-order valence-corrected chi connectivity index (χ1v) is 8.27. The molecule has 3 heteroatoms. The topological polar surface area (TPSA) is 12.9 Å². The Kier molecular flexibility index (Phi) is 4.18. The zero-order valence-electron chi connectivity index (χ0n) is 10.7. The van der Waals surface area contributed by atoms with Crippen LogP contribution in [0.4, 0.5) is 0 Å². The van der Waals surface area contributed by atoms with Crippen LogP contribution >= 0.6 is 31.9 Å². The van der Waals surface area contributed by atoms with Crippen molar-refractivity contribution in [2.75, 3.05) is 0 Å². The third-order valence-electron chi connectivity index (χ3n) is 3.28. The van der Waals surface area contributed by atoms with Gasteiger partial charge in [-0.2, -0.15) is 0 Å². The van der Waals surface area contributed by atoms with Crippen LogP contribution in [0.5, 0.6) is 0 Å². The highest BCUT2D eigenvalue weighted by Crippen LogP contribution is 2.41. The maximum atomic E-state index is 4.74. The molecule has 1 nitrogen and oxygen atoms in total. The van der Waals surface area contributed by atoms with Crippen molar-refractivity contribution in [3.05, 3.63) is 78.0 Å². The van der Waals surface area contributed by atoms with Crippen molar-refractivity contribution in [1.82, 2.24) is 4.98 Å². The quantitative estimate of drug-likeness (QED) is 0.514. The zero-order valence-corrected chi connectivity index (χ0v) is 13.9. The number of hydrogen-bond donors (Lipinski definition) is 0. The molecule has 0 aliphatic rings. The normalized spacial score (nSPS) is 14.1. The predicted octanol–water partition coefficient (Wildman–Crippen LogP) is 5.81. The highest BCUT2D eigenvalue weighted by molar-refractivity contribution is 9.12. The number of aromatic nitrogens is 1. The molecule has 0 saturated carbocycles. The summed E-state index contributed by atoms with van der Waals surface area (Å²) in [5.74, 6) is 0. The molecule has 0 aliphatic heterocycles. The number of fused-ring (bicyclic) bond motifs is 1.